The highest BCUT2D eigenvalue weighted by atomic mass is 16.6. The maximum atomic E-state index is 11.6. The van der Waals surface area contributed by atoms with Gasteiger partial charge >= 0.3 is 0 Å². The maximum absolute atomic E-state index is 11.6. The van der Waals surface area contributed by atoms with Gasteiger partial charge in [-0.1, -0.05) is 44.2 Å². The molecule has 0 saturated carbocycles. The fourth-order valence-electron chi connectivity index (χ4n) is 1.51. The first kappa shape index (κ1) is 12.7. The van der Waals surface area contributed by atoms with E-state index in [9.17, 15) is 4.79 Å². The molecule has 88 valence electrons. The van der Waals surface area contributed by atoms with Crippen molar-refractivity contribution < 1.29 is 9.63 Å². The number of hydrogen-bond acceptors (Lipinski definition) is 2. The van der Waals surface area contributed by atoms with Crippen LogP contribution in [0.3, 0.4) is 0 Å². The monoisotopic (exact) mass is 221 g/mol. The number of amides is 1. The minimum Gasteiger partial charge on any atom is -0.273 e. The van der Waals surface area contributed by atoms with Gasteiger partial charge in [-0.25, -0.2) is 5.48 Å². The van der Waals surface area contributed by atoms with Crippen molar-refractivity contribution in [2.24, 2.45) is 5.92 Å². The molecule has 0 aliphatic carbocycles. The molecule has 0 aromatic heterocycles. The second kappa shape index (κ2) is 7.01. The molecule has 1 amide bonds. The van der Waals surface area contributed by atoms with Crippen LogP contribution in [0.5, 0.6) is 0 Å². The Labute approximate surface area is 96.8 Å². The normalized spacial score (nSPS) is 10.4. The lowest BCUT2D eigenvalue weighted by atomic mass is 10.0. The number of nitrogens with one attached hydrogen (secondary N) is 1. The van der Waals surface area contributed by atoms with Crippen molar-refractivity contribution in [2.75, 3.05) is 0 Å². The zero-order valence-electron chi connectivity index (χ0n) is 9.90. The molecule has 0 bridgehead atoms. The molecule has 3 heteroatoms. The van der Waals surface area contributed by atoms with Gasteiger partial charge in [0.2, 0.25) is 5.91 Å². The summed E-state index contributed by atoms with van der Waals surface area (Å²) in [6, 6.07) is 9.77. The Balaban J connectivity index is 2.28. The van der Waals surface area contributed by atoms with Gasteiger partial charge in [0.1, 0.15) is 0 Å². The summed E-state index contributed by atoms with van der Waals surface area (Å²) in [5.41, 5.74) is 3.54. The molecule has 0 saturated heterocycles. The SMILES string of the molecule is CCC(CC)C(=O)NOCc1ccccc1. The van der Waals surface area contributed by atoms with Crippen LogP contribution in [0.15, 0.2) is 30.3 Å². The molecule has 0 aliphatic heterocycles. The number of carbonyl (C=O) groups is 1. The smallest absolute Gasteiger partial charge is 0.246 e. The molecule has 0 aliphatic rings. The lowest BCUT2D eigenvalue weighted by Gasteiger charge is -2.12. The van der Waals surface area contributed by atoms with E-state index in [1.165, 1.54) is 0 Å². The zero-order valence-corrected chi connectivity index (χ0v) is 9.90. The molecule has 16 heavy (non-hydrogen) atoms. The molecular formula is C13H19NO2. The van der Waals surface area contributed by atoms with Crippen LogP contribution in [0, 0.1) is 5.92 Å². The van der Waals surface area contributed by atoms with Gasteiger partial charge in [0, 0.05) is 5.92 Å². The third-order valence-corrected chi connectivity index (χ3v) is 2.61. The molecular weight excluding hydrogens is 202 g/mol. The molecule has 0 unspecified atom stereocenters. The topological polar surface area (TPSA) is 38.3 Å². The van der Waals surface area contributed by atoms with E-state index in [-0.39, 0.29) is 11.8 Å². The van der Waals surface area contributed by atoms with Gasteiger partial charge in [0.15, 0.2) is 0 Å². The van der Waals surface area contributed by atoms with E-state index < -0.39 is 0 Å². The minimum absolute atomic E-state index is 0.0269. The molecule has 1 N–H and O–H groups in total. The van der Waals surface area contributed by atoms with E-state index in [1.807, 2.05) is 44.2 Å². The van der Waals surface area contributed by atoms with Gasteiger partial charge in [-0.3, -0.25) is 9.63 Å². The predicted octanol–water partition coefficient (Wildman–Crippen LogP) is 2.67. The number of rotatable bonds is 6. The first-order valence-corrected chi connectivity index (χ1v) is 5.73. The number of carbonyl (C=O) groups excluding carboxylic acids is 1. The van der Waals surface area contributed by atoms with E-state index in [2.05, 4.69) is 5.48 Å². The largest absolute Gasteiger partial charge is 0.273 e. The van der Waals surface area contributed by atoms with Crippen LogP contribution in [0.4, 0.5) is 0 Å². The molecule has 0 fully saturated rings. The van der Waals surface area contributed by atoms with E-state index in [4.69, 9.17) is 4.84 Å². The summed E-state index contributed by atoms with van der Waals surface area (Å²) >= 11 is 0. The fraction of sp³-hybridized carbons (Fsp3) is 0.462. The average molecular weight is 221 g/mol. The van der Waals surface area contributed by atoms with Crippen LogP contribution in [0.25, 0.3) is 0 Å². The fourth-order valence-corrected chi connectivity index (χ4v) is 1.51. The predicted molar refractivity (Wildman–Crippen MR) is 63.4 cm³/mol. The first-order chi connectivity index (χ1) is 7.77. The van der Waals surface area contributed by atoms with E-state index in [0.717, 1.165) is 18.4 Å². The lowest BCUT2D eigenvalue weighted by Crippen LogP contribution is -2.30. The van der Waals surface area contributed by atoms with Crippen molar-refractivity contribution >= 4 is 5.91 Å². The Bertz CT molecular complexity index is 307. The van der Waals surface area contributed by atoms with Crippen LogP contribution in [0.2, 0.25) is 0 Å². The summed E-state index contributed by atoms with van der Waals surface area (Å²) in [7, 11) is 0. The van der Waals surface area contributed by atoms with Crippen molar-refractivity contribution in [2.45, 2.75) is 33.3 Å². The van der Waals surface area contributed by atoms with Crippen molar-refractivity contribution in [3.8, 4) is 0 Å². The summed E-state index contributed by atoms with van der Waals surface area (Å²) in [5.74, 6) is 0.0247. The summed E-state index contributed by atoms with van der Waals surface area (Å²) in [4.78, 5) is 16.7. The Hall–Kier alpha value is -1.35. The molecule has 0 spiro atoms. The van der Waals surface area contributed by atoms with Crippen molar-refractivity contribution in [1.82, 2.24) is 5.48 Å². The van der Waals surface area contributed by atoms with E-state index in [0.29, 0.717) is 6.61 Å². The highest BCUT2D eigenvalue weighted by molar-refractivity contribution is 5.77. The highest BCUT2D eigenvalue weighted by Gasteiger charge is 2.13. The minimum atomic E-state index is -0.0269. The van der Waals surface area contributed by atoms with Gasteiger partial charge < -0.3 is 0 Å². The van der Waals surface area contributed by atoms with Gasteiger partial charge in [-0.15, -0.1) is 0 Å². The number of benzene rings is 1. The highest BCUT2D eigenvalue weighted by Crippen LogP contribution is 2.07. The van der Waals surface area contributed by atoms with E-state index in [1.54, 1.807) is 0 Å². The number of hydroxylamine groups is 1. The summed E-state index contributed by atoms with van der Waals surface area (Å²) in [6.07, 6.45) is 1.69. The Kier molecular flexibility index (Phi) is 5.57. The third-order valence-electron chi connectivity index (χ3n) is 2.61. The van der Waals surface area contributed by atoms with Gasteiger partial charge in [-0.05, 0) is 18.4 Å². The van der Waals surface area contributed by atoms with Gasteiger partial charge in [0.05, 0.1) is 6.61 Å². The summed E-state index contributed by atoms with van der Waals surface area (Å²) in [5, 5.41) is 0. The third kappa shape index (κ3) is 4.03. The molecule has 0 atom stereocenters. The van der Waals surface area contributed by atoms with Crippen molar-refractivity contribution in [3.63, 3.8) is 0 Å². The molecule has 0 radical (unpaired) electrons. The summed E-state index contributed by atoms with van der Waals surface area (Å²) < 4.78 is 0. The Morgan fingerprint density at radius 1 is 1.25 bits per heavy atom. The van der Waals surface area contributed by atoms with E-state index >= 15 is 0 Å². The van der Waals surface area contributed by atoms with Crippen LogP contribution in [-0.4, -0.2) is 5.91 Å². The standard InChI is InChI=1S/C13H19NO2/c1-3-12(4-2)13(15)14-16-10-11-8-6-5-7-9-11/h5-9,12H,3-4,10H2,1-2H3,(H,14,15). The average Bonchev–Trinajstić information content (AvgIpc) is 2.32. The van der Waals surface area contributed by atoms with Gasteiger partial charge in [-0.2, -0.15) is 0 Å². The quantitative estimate of drug-likeness (QED) is 0.750. The Morgan fingerprint density at radius 3 is 2.44 bits per heavy atom. The second-order valence-electron chi connectivity index (χ2n) is 3.75. The van der Waals surface area contributed by atoms with Gasteiger partial charge in [0.25, 0.3) is 0 Å². The van der Waals surface area contributed by atoms with Crippen LogP contribution >= 0.6 is 0 Å². The molecule has 1 aromatic rings. The molecule has 1 rings (SSSR count). The lowest BCUT2D eigenvalue weighted by molar-refractivity contribution is -0.139. The first-order valence-electron chi connectivity index (χ1n) is 5.73. The number of hydrogen-bond donors (Lipinski definition) is 1. The Morgan fingerprint density at radius 2 is 1.88 bits per heavy atom. The molecule has 3 nitrogen and oxygen atoms in total. The van der Waals surface area contributed by atoms with Crippen LogP contribution < -0.4 is 5.48 Å². The zero-order chi connectivity index (χ0) is 11.8. The van der Waals surface area contributed by atoms with Crippen LogP contribution in [0.1, 0.15) is 32.3 Å². The molecule has 1 aromatic carbocycles. The maximum Gasteiger partial charge on any atom is 0.246 e. The van der Waals surface area contributed by atoms with Crippen molar-refractivity contribution in [1.29, 1.82) is 0 Å². The van der Waals surface area contributed by atoms with Crippen molar-refractivity contribution in [3.05, 3.63) is 35.9 Å². The van der Waals surface area contributed by atoms with Crippen LogP contribution in [-0.2, 0) is 16.2 Å². The summed E-state index contributed by atoms with van der Waals surface area (Å²) in [6.45, 7) is 4.42. The second-order valence-corrected chi connectivity index (χ2v) is 3.75. The molecule has 0 heterocycles.